The number of allylic oxidation sites excluding steroid dienone is 2. The molecule has 2 amide bonds. The van der Waals surface area contributed by atoms with Gasteiger partial charge in [0.05, 0.1) is 19.8 Å². The molecule has 0 radical (unpaired) electrons. The summed E-state index contributed by atoms with van der Waals surface area (Å²) in [6.45, 7) is -0.427. The van der Waals surface area contributed by atoms with Crippen molar-refractivity contribution in [2.24, 2.45) is 0 Å². The van der Waals surface area contributed by atoms with E-state index >= 15 is 0 Å². The van der Waals surface area contributed by atoms with E-state index in [2.05, 4.69) is 10.6 Å². The maximum absolute atomic E-state index is 13.2. The molecule has 3 N–H and O–H groups in total. The monoisotopic (exact) mass is 522 g/mol. The number of carbonyl (C=O) groups is 4. The number of carboxylic acid groups (broad SMARTS) is 1. The molecule has 0 aromatic heterocycles. The first-order valence-corrected chi connectivity index (χ1v) is 12.4. The van der Waals surface area contributed by atoms with Crippen molar-refractivity contribution in [3.63, 3.8) is 0 Å². The number of carbonyl (C=O) groups excluding carboxylic acids is 3. The second kappa shape index (κ2) is 11.8. The van der Waals surface area contributed by atoms with Gasteiger partial charge in [-0.3, -0.25) is 9.59 Å². The molecular weight excluding hydrogens is 492 g/mol. The molecule has 4 rings (SSSR count). The molecule has 38 heavy (non-hydrogen) atoms. The van der Waals surface area contributed by atoms with Crippen LogP contribution in [0.25, 0.3) is 5.57 Å². The first-order chi connectivity index (χ1) is 18.3. The van der Waals surface area contributed by atoms with Crippen molar-refractivity contribution in [1.29, 1.82) is 0 Å². The van der Waals surface area contributed by atoms with Gasteiger partial charge in [0.25, 0.3) is 5.91 Å². The van der Waals surface area contributed by atoms with Crippen LogP contribution in [-0.2, 0) is 27.4 Å². The number of rotatable bonds is 9. The maximum atomic E-state index is 13.2. The number of carboxylic acids is 1. The largest absolute Gasteiger partial charge is 0.492 e. The van der Waals surface area contributed by atoms with Gasteiger partial charge in [0.2, 0.25) is 0 Å². The average Bonchev–Trinajstić information content (AvgIpc) is 3.37. The van der Waals surface area contributed by atoms with Gasteiger partial charge in [-0.15, -0.1) is 0 Å². The lowest BCUT2D eigenvalue weighted by molar-refractivity contribution is -0.139. The van der Waals surface area contributed by atoms with Gasteiger partial charge in [-0.1, -0.05) is 30.3 Å². The fourth-order valence-corrected chi connectivity index (χ4v) is 4.91. The third kappa shape index (κ3) is 5.64. The third-order valence-corrected chi connectivity index (χ3v) is 6.72. The number of Topliss-reactive ketones (excluding diaryl/α,β-unsaturated/α-hetero) is 1. The Bertz CT molecular complexity index is 1290. The molecule has 0 saturated carbocycles. The molecule has 10 heteroatoms. The minimum absolute atomic E-state index is 0.0296. The summed E-state index contributed by atoms with van der Waals surface area (Å²) in [6, 6.07) is 9.18. The molecule has 0 fully saturated rings. The van der Waals surface area contributed by atoms with E-state index in [1.165, 1.54) is 14.2 Å². The maximum Gasteiger partial charge on any atom is 0.408 e. The summed E-state index contributed by atoms with van der Waals surface area (Å²) in [7, 11) is 2.89. The number of amides is 2. The minimum atomic E-state index is -1.43. The second-order valence-electron chi connectivity index (χ2n) is 9.07. The van der Waals surface area contributed by atoms with Crippen LogP contribution in [0.1, 0.15) is 52.7 Å². The third-order valence-electron chi connectivity index (χ3n) is 6.72. The summed E-state index contributed by atoms with van der Waals surface area (Å²) in [5.41, 5.74) is 4.24. The lowest BCUT2D eigenvalue weighted by Crippen LogP contribution is -2.48. The van der Waals surface area contributed by atoms with E-state index in [0.717, 1.165) is 47.1 Å². The van der Waals surface area contributed by atoms with Crippen molar-refractivity contribution in [1.82, 2.24) is 10.6 Å². The summed E-state index contributed by atoms with van der Waals surface area (Å²) in [5, 5.41) is 14.4. The summed E-state index contributed by atoms with van der Waals surface area (Å²) in [5.74, 6) is -1.27. The molecule has 2 aliphatic carbocycles. The molecule has 200 valence electrons. The van der Waals surface area contributed by atoms with Gasteiger partial charge in [-0.25, -0.2) is 9.59 Å². The molecule has 0 heterocycles. The number of hydrogen-bond acceptors (Lipinski definition) is 7. The fourth-order valence-electron chi connectivity index (χ4n) is 4.91. The first kappa shape index (κ1) is 26.7. The lowest BCUT2D eigenvalue weighted by atomic mass is 9.93. The van der Waals surface area contributed by atoms with Crippen molar-refractivity contribution in [3.8, 4) is 11.5 Å². The van der Waals surface area contributed by atoms with Crippen LogP contribution < -0.4 is 20.1 Å². The fraction of sp³-hybridized carbons (Fsp3) is 0.357. The average molecular weight is 523 g/mol. The number of methoxy groups -OCH3 is 2. The predicted molar refractivity (Wildman–Crippen MR) is 137 cm³/mol. The zero-order valence-corrected chi connectivity index (χ0v) is 21.3. The molecule has 2 aromatic carbocycles. The standard InChI is InChI=1S/C28H30N2O8/c1-36-24-20(13-17-11-12-22(31)18-9-6-10-19(18)23(17)25(24)37-2)26(32)29-14-21(27(33)34)30-28(35)38-15-16-7-4-3-5-8-16/h3-5,7-8,13,21H,6,9-12,14-15H2,1-2H3,(H,29,32)(H,30,35)(H,33,34). The summed E-state index contributed by atoms with van der Waals surface area (Å²) < 4.78 is 16.3. The quantitative estimate of drug-likeness (QED) is 0.456. The number of aryl methyl sites for hydroxylation is 1. The highest BCUT2D eigenvalue weighted by Gasteiger charge is 2.33. The normalized spacial score (nSPS) is 15.1. The van der Waals surface area contributed by atoms with E-state index in [4.69, 9.17) is 14.2 Å². The predicted octanol–water partition coefficient (Wildman–Crippen LogP) is 3.27. The van der Waals surface area contributed by atoms with Crippen LogP contribution in [0.5, 0.6) is 11.5 Å². The van der Waals surface area contributed by atoms with E-state index in [9.17, 15) is 24.3 Å². The van der Waals surface area contributed by atoms with Gasteiger partial charge >= 0.3 is 12.1 Å². The molecule has 1 atom stereocenters. The van der Waals surface area contributed by atoms with Gasteiger partial charge in [0.1, 0.15) is 12.6 Å². The molecule has 2 aliphatic rings. The number of nitrogens with one attached hydrogen (secondary N) is 2. The highest BCUT2D eigenvalue weighted by atomic mass is 16.5. The van der Waals surface area contributed by atoms with Gasteiger partial charge in [0, 0.05) is 18.5 Å². The molecule has 0 aliphatic heterocycles. The van der Waals surface area contributed by atoms with Crippen molar-refractivity contribution in [2.75, 3.05) is 20.8 Å². The Hall–Kier alpha value is -4.34. The zero-order chi connectivity index (χ0) is 27.2. The minimum Gasteiger partial charge on any atom is -0.492 e. The molecule has 0 spiro atoms. The van der Waals surface area contributed by atoms with Crippen LogP contribution in [0.3, 0.4) is 0 Å². The van der Waals surface area contributed by atoms with Crippen LogP contribution in [0.2, 0.25) is 0 Å². The van der Waals surface area contributed by atoms with Crippen molar-refractivity contribution in [3.05, 3.63) is 64.2 Å². The molecule has 1 unspecified atom stereocenters. The topological polar surface area (TPSA) is 140 Å². The Balaban J connectivity index is 1.51. The number of aliphatic carboxylic acids is 1. The summed E-state index contributed by atoms with van der Waals surface area (Å²) in [6.07, 6.45) is 2.18. The highest BCUT2D eigenvalue weighted by Crippen LogP contribution is 2.48. The number of ketones is 1. The second-order valence-corrected chi connectivity index (χ2v) is 9.07. The molecule has 0 saturated heterocycles. The zero-order valence-electron chi connectivity index (χ0n) is 21.3. The SMILES string of the molecule is COc1c(C(=O)NCC(NC(=O)OCc2ccccc2)C(=O)O)cc2c(c1OC)C1=C(CCC1)C(=O)CC2. The van der Waals surface area contributed by atoms with Crippen LogP contribution in [-0.4, -0.2) is 55.7 Å². The van der Waals surface area contributed by atoms with Gasteiger partial charge < -0.3 is 30.0 Å². The number of hydrogen-bond donors (Lipinski definition) is 3. The molecule has 2 aromatic rings. The summed E-state index contributed by atoms with van der Waals surface area (Å²) in [4.78, 5) is 49.8. The first-order valence-electron chi connectivity index (χ1n) is 12.4. The van der Waals surface area contributed by atoms with Crippen LogP contribution in [0, 0.1) is 0 Å². The number of alkyl carbamates (subject to hydrolysis) is 1. The van der Waals surface area contributed by atoms with Crippen LogP contribution in [0.15, 0.2) is 42.0 Å². The van der Waals surface area contributed by atoms with E-state index in [1.54, 1.807) is 30.3 Å². The molecular formula is C28H30N2O8. The van der Waals surface area contributed by atoms with E-state index in [-0.39, 0.29) is 23.7 Å². The summed E-state index contributed by atoms with van der Waals surface area (Å²) >= 11 is 0. The Morgan fingerprint density at radius 2 is 1.68 bits per heavy atom. The Labute approximate surface area is 220 Å². The van der Waals surface area contributed by atoms with Crippen LogP contribution >= 0.6 is 0 Å². The van der Waals surface area contributed by atoms with Gasteiger partial charge in [-0.2, -0.15) is 0 Å². The lowest BCUT2D eigenvalue weighted by Gasteiger charge is -2.21. The van der Waals surface area contributed by atoms with Gasteiger partial charge in [-0.05, 0) is 54.0 Å². The highest BCUT2D eigenvalue weighted by molar-refractivity contribution is 6.07. The van der Waals surface area contributed by atoms with E-state index < -0.39 is 30.6 Å². The molecule has 10 nitrogen and oxygen atoms in total. The van der Waals surface area contributed by atoms with Gasteiger partial charge in [0.15, 0.2) is 17.3 Å². The van der Waals surface area contributed by atoms with Crippen molar-refractivity contribution < 1.29 is 38.5 Å². The van der Waals surface area contributed by atoms with E-state index in [0.29, 0.717) is 18.6 Å². The van der Waals surface area contributed by atoms with Crippen molar-refractivity contribution >= 4 is 29.3 Å². The van der Waals surface area contributed by atoms with Crippen molar-refractivity contribution in [2.45, 2.75) is 44.8 Å². The number of fused-ring (bicyclic) bond motifs is 2. The Kier molecular flexibility index (Phi) is 8.30. The smallest absolute Gasteiger partial charge is 0.408 e. The molecule has 0 bridgehead atoms. The van der Waals surface area contributed by atoms with Crippen LogP contribution in [0.4, 0.5) is 4.79 Å². The Morgan fingerprint density at radius 3 is 2.37 bits per heavy atom. The van der Waals surface area contributed by atoms with E-state index in [1.807, 2.05) is 6.07 Å². The Morgan fingerprint density at radius 1 is 0.974 bits per heavy atom. The number of ether oxygens (including phenoxy) is 3. The number of benzene rings is 2.